The molecule has 0 fully saturated rings. The fourth-order valence-corrected chi connectivity index (χ4v) is 14.0. The minimum atomic E-state index is 0.108. The third-order valence-corrected chi connectivity index (χ3v) is 18.5. The Morgan fingerprint density at radius 1 is 0.231 bits per heavy atom. The van der Waals surface area contributed by atoms with E-state index in [1.807, 2.05) is 170 Å². The first kappa shape index (κ1) is 63.3. The van der Waals surface area contributed by atoms with Gasteiger partial charge in [0.2, 0.25) is 0 Å². The van der Waals surface area contributed by atoms with Crippen molar-refractivity contribution in [2.45, 2.75) is 0 Å². The van der Waals surface area contributed by atoms with Gasteiger partial charge in [-0.25, -0.2) is 9.97 Å². The molecule has 0 spiro atoms. The molecule has 0 aliphatic rings. The Labute approximate surface area is 593 Å². The molecule has 0 unspecified atom stereocenters. The van der Waals surface area contributed by atoms with E-state index in [-0.39, 0.29) is 66.8 Å². The van der Waals surface area contributed by atoms with Crippen molar-refractivity contribution in [3.8, 4) is 174 Å². The van der Waals surface area contributed by atoms with Crippen LogP contribution in [0.2, 0.25) is 0 Å². The van der Waals surface area contributed by atoms with Crippen LogP contribution in [0, 0.1) is 136 Å². The molecule has 0 radical (unpaired) electrons. The maximum Gasteiger partial charge on any atom is 0.160 e. The summed E-state index contributed by atoms with van der Waals surface area (Å²) in [6.07, 6.45) is 0. The Bertz CT molecular complexity index is 6390. The molecule has 15 rings (SSSR count). The van der Waals surface area contributed by atoms with E-state index in [1.54, 1.807) is 0 Å². The smallest absolute Gasteiger partial charge is 0.160 e. The number of hydrogen-bond acceptors (Lipinski definition) is 14. The van der Waals surface area contributed by atoms with Crippen molar-refractivity contribution < 1.29 is 0 Å². The van der Waals surface area contributed by atoms with Crippen LogP contribution in [0.1, 0.15) is 66.8 Å². The third kappa shape index (κ3) is 10.6. The Balaban J connectivity index is 1.02. The number of benzene rings is 12. The number of aromatic nitrogens is 4. The molecule has 0 atom stereocenters. The van der Waals surface area contributed by atoms with Crippen molar-refractivity contribution in [1.82, 2.24) is 19.1 Å². The van der Waals surface area contributed by atoms with Gasteiger partial charge in [0.1, 0.15) is 0 Å². The van der Waals surface area contributed by atoms with Crippen LogP contribution in [0.15, 0.2) is 231 Å². The van der Waals surface area contributed by atoms with Crippen molar-refractivity contribution in [1.29, 1.82) is 63.1 Å². The summed E-state index contributed by atoms with van der Waals surface area (Å²) in [5.41, 5.74) is 13.8. The second-order valence-electron chi connectivity index (χ2n) is 24.2. The zero-order chi connectivity index (χ0) is 71.9. The fourth-order valence-electron chi connectivity index (χ4n) is 14.0. The van der Waals surface area contributed by atoms with Gasteiger partial charge in [-0.3, -0.25) is 0 Å². The average molecular weight is 1320 g/mol. The summed E-state index contributed by atoms with van der Waals surface area (Å²) in [5, 5.41) is 127. The SMILES string of the molecule is N#Cc1cc(C#N)c(-c2ccc3c(c2)c2cc(-c4c(C#N)cc(C#N)cc4C#N)ccc2n3-c2cccc(-c3cc(-c4cc(-c5ccccc5)nc(-c5ccccc5)n4)ccc3-n3c4ccc(-c5c(C#N)cc(C#N)cc5C#N)cc4c4cc(-c5c(C#N)cc(C#N)cc5C#N)ccc43)c2)c(C#N)c1. The molecular formula is C88H38N16. The summed E-state index contributed by atoms with van der Waals surface area (Å²) in [5.74, 6) is 0.489. The fraction of sp³-hybridized carbons (Fsp3) is 0. The zero-order valence-corrected chi connectivity index (χ0v) is 54.1. The molecule has 0 bridgehead atoms. The molecule has 0 aliphatic carbocycles. The monoisotopic (exact) mass is 1320 g/mol. The summed E-state index contributed by atoms with van der Waals surface area (Å²) < 4.78 is 4.18. The normalized spacial score (nSPS) is 10.6. The molecule has 16 heteroatoms. The number of nitriles is 12. The average Bonchev–Trinajstić information content (AvgIpc) is 1.57. The van der Waals surface area contributed by atoms with Crippen LogP contribution in [-0.2, 0) is 0 Å². The lowest BCUT2D eigenvalue weighted by molar-refractivity contribution is 1.16. The molecule has 15 aromatic rings. The van der Waals surface area contributed by atoms with E-state index >= 15 is 0 Å². The van der Waals surface area contributed by atoms with Crippen LogP contribution in [0.3, 0.4) is 0 Å². The molecular weight excluding hydrogens is 1280 g/mol. The molecule has 0 saturated carbocycles. The predicted octanol–water partition coefficient (Wildman–Crippen LogP) is 18.5. The summed E-state index contributed by atoms with van der Waals surface area (Å²) in [4.78, 5) is 10.4. The van der Waals surface area contributed by atoms with Gasteiger partial charge in [-0.15, -0.1) is 0 Å². The maximum atomic E-state index is 10.6. The van der Waals surface area contributed by atoms with E-state index in [4.69, 9.17) is 9.97 Å². The summed E-state index contributed by atoms with van der Waals surface area (Å²) in [6, 6.07) is 95.3. The van der Waals surface area contributed by atoms with Crippen LogP contribution in [0.25, 0.3) is 145 Å². The highest BCUT2D eigenvalue weighted by atomic mass is 15.0. The Kier molecular flexibility index (Phi) is 15.8. The molecule has 470 valence electrons. The summed E-state index contributed by atoms with van der Waals surface area (Å²) in [7, 11) is 0. The minimum absolute atomic E-state index is 0.108. The summed E-state index contributed by atoms with van der Waals surface area (Å²) in [6.45, 7) is 0. The van der Waals surface area contributed by atoms with Gasteiger partial charge >= 0.3 is 0 Å². The van der Waals surface area contributed by atoms with Gasteiger partial charge in [-0.05, 0) is 155 Å². The van der Waals surface area contributed by atoms with Gasteiger partial charge in [-0.1, -0.05) is 103 Å². The molecule has 0 aliphatic heterocycles. The topological polar surface area (TPSA) is 321 Å². The van der Waals surface area contributed by atoms with E-state index in [1.165, 1.54) is 48.5 Å². The van der Waals surface area contributed by atoms with Crippen molar-refractivity contribution in [3.63, 3.8) is 0 Å². The van der Waals surface area contributed by atoms with Crippen LogP contribution in [0.5, 0.6) is 0 Å². The first-order valence-corrected chi connectivity index (χ1v) is 31.9. The van der Waals surface area contributed by atoms with Crippen LogP contribution in [0.4, 0.5) is 0 Å². The van der Waals surface area contributed by atoms with Crippen molar-refractivity contribution in [3.05, 3.63) is 297 Å². The highest BCUT2D eigenvalue weighted by Gasteiger charge is 2.26. The third-order valence-electron chi connectivity index (χ3n) is 18.5. The van der Waals surface area contributed by atoms with Crippen LogP contribution >= 0.6 is 0 Å². The van der Waals surface area contributed by atoms with E-state index in [9.17, 15) is 63.1 Å². The molecule has 0 amide bonds. The van der Waals surface area contributed by atoms with Gasteiger partial charge in [0, 0.05) is 71.7 Å². The van der Waals surface area contributed by atoms with Gasteiger partial charge in [-0.2, -0.15) is 63.1 Å². The Morgan fingerprint density at radius 2 is 0.548 bits per heavy atom. The highest BCUT2D eigenvalue weighted by Crippen LogP contribution is 2.46. The quantitative estimate of drug-likeness (QED) is 0.123. The lowest BCUT2D eigenvalue weighted by Gasteiger charge is -2.18. The van der Waals surface area contributed by atoms with E-state index < -0.39 is 0 Å². The summed E-state index contributed by atoms with van der Waals surface area (Å²) >= 11 is 0. The Morgan fingerprint density at radius 3 is 0.894 bits per heavy atom. The second-order valence-corrected chi connectivity index (χ2v) is 24.2. The lowest BCUT2D eigenvalue weighted by atomic mass is 9.91. The van der Waals surface area contributed by atoms with Gasteiger partial charge in [0.05, 0.1) is 179 Å². The zero-order valence-electron chi connectivity index (χ0n) is 54.1. The standard InChI is InChI=1S/C88H38N16/c89-39-51-24-63(43-93)84(64(25-51)44-94)59-15-20-80-73(34-59)74-35-60(85-65(45-95)26-52(40-90)27-66(85)46-96)16-21-81(74)103(80)71-13-7-12-57(32-71)72-33-58(78-38-77(55-8-3-1-4-9-55)101-88(102-78)56-10-5-2-6-11-56)14-19-79(72)104-82-22-17-61(86-67(47-97)28-53(41-91)29-68(86)48-98)36-75(82)76-37-62(18-23-83(76)104)87-69(49-99)30-54(42-92)31-70(87)50-100/h1-38H. The highest BCUT2D eigenvalue weighted by molar-refractivity contribution is 6.14. The maximum absolute atomic E-state index is 10.6. The molecule has 0 N–H and O–H groups in total. The van der Waals surface area contributed by atoms with E-state index in [0.29, 0.717) is 133 Å². The number of hydrogen-bond donors (Lipinski definition) is 0. The predicted molar refractivity (Wildman–Crippen MR) is 391 cm³/mol. The largest absolute Gasteiger partial charge is 0.309 e. The number of fused-ring (bicyclic) bond motifs is 6. The molecule has 0 saturated heterocycles. The van der Waals surface area contributed by atoms with Crippen molar-refractivity contribution in [2.24, 2.45) is 0 Å². The number of rotatable bonds is 10. The lowest BCUT2D eigenvalue weighted by Crippen LogP contribution is -2.01. The first-order chi connectivity index (χ1) is 51.0. The first-order valence-electron chi connectivity index (χ1n) is 31.9. The van der Waals surface area contributed by atoms with Crippen LogP contribution in [-0.4, -0.2) is 19.1 Å². The molecule has 12 aromatic carbocycles. The van der Waals surface area contributed by atoms with Gasteiger partial charge in [0.25, 0.3) is 0 Å². The van der Waals surface area contributed by atoms with Crippen molar-refractivity contribution >= 4 is 43.6 Å². The van der Waals surface area contributed by atoms with Gasteiger partial charge in [0.15, 0.2) is 5.82 Å². The molecule has 16 nitrogen and oxygen atoms in total. The minimum Gasteiger partial charge on any atom is -0.309 e. The molecule has 3 aromatic heterocycles. The molecule has 3 heterocycles. The van der Waals surface area contributed by atoms with Crippen LogP contribution < -0.4 is 0 Å². The molecule has 104 heavy (non-hydrogen) atoms. The number of nitrogens with zero attached hydrogens (tertiary/aromatic N) is 16. The van der Waals surface area contributed by atoms with E-state index in [2.05, 4.69) is 94.1 Å². The van der Waals surface area contributed by atoms with Crippen molar-refractivity contribution in [2.75, 3.05) is 0 Å². The Hall–Kier alpha value is -16.8. The van der Waals surface area contributed by atoms with Gasteiger partial charge < -0.3 is 9.13 Å². The second kappa shape index (κ2) is 26.0. The van der Waals surface area contributed by atoms with E-state index in [0.717, 1.165) is 11.1 Å².